The van der Waals surface area contributed by atoms with Crippen LogP contribution in [0.15, 0.2) is 186 Å². The van der Waals surface area contributed by atoms with E-state index in [2.05, 4.69) is 36.4 Å². The van der Waals surface area contributed by atoms with Gasteiger partial charge in [0, 0.05) is 10.8 Å². The van der Waals surface area contributed by atoms with Gasteiger partial charge in [-0.25, -0.2) is 0 Å². The van der Waals surface area contributed by atoms with E-state index in [1.807, 2.05) is 72.8 Å². The molecule has 0 saturated carbocycles. The number of fused-ring (bicyclic) bond motifs is 6. The lowest BCUT2D eigenvalue weighted by atomic mass is 9.84. The molecule has 0 saturated heterocycles. The molecule has 10 aromatic rings. The van der Waals surface area contributed by atoms with Crippen molar-refractivity contribution >= 4 is 54.3 Å². The lowest BCUT2D eigenvalue weighted by Gasteiger charge is -2.18. The van der Waals surface area contributed by atoms with Crippen LogP contribution in [0.4, 0.5) is 0 Å². The first-order valence-electron chi connectivity index (χ1n) is 21.0. The van der Waals surface area contributed by atoms with Gasteiger partial charge in [-0.3, -0.25) is 0 Å². The standard InChI is InChI=1S/C48H30O/c1-3-13-31(14-4-1)33-17-11-18-36(27-33)46-38-19-7-9-21-40(38)47(41-22-10-8-20-39(41)46)42-23-12-24-44-48(42)43-29-35-26-25-34(32-15-5-2-6-16-32)28-37(35)30-45(43)49-44/h1-30H/i1D,2D,3D,4D,5D,6D,13D,14D,15D,16D. The molecule has 0 aliphatic rings. The summed E-state index contributed by atoms with van der Waals surface area (Å²) in [7, 11) is 0. The molecule has 1 heteroatoms. The summed E-state index contributed by atoms with van der Waals surface area (Å²) in [6, 6.07) is 36.2. The minimum absolute atomic E-state index is 0.146. The van der Waals surface area contributed by atoms with Crippen molar-refractivity contribution in [2.45, 2.75) is 0 Å². The Kier molecular flexibility index (Phi) is 4.39. The molecule has 1 nitrogen and oxygen atoms in total. The Morgan fingerprint density at radius 2 is 0.959 bits per heavy atom. The van der Waals surface area contributed by atoms with Gasteiger partial charge in [-0.15, -0.1) is 0 Å². The van der Waals surface area contributed by atoms with Crippen molar-refractivity contribution in [3.05, 3.63) is 182 Å². The summed E-state index contributed by atoms with van der Waals surface area (Å²) in [4.78, 5) is 0. The fraction of sp³-hybridized carbons (Fsp3) is 0. The molecule has 0 aliphatic carbocycles. The van der Waals surface area contributed by atoms with Crippen LogP contribution in [0.3, 0.4) is 0 Å². The number of hydrogen-bond acceptors (Lipinski definition) is 1. The van der Waals surface area contributed by atoms with E-state index in [-0.39, 0.29) is 59.5 Å². The summed E-state index contributed by atoms with van der Waals surface area (Å²) < 4.78 is 90.0. The van der Waals surface area contributed by atoms with Gasteiger partial charge in [0.05, 0.1) is 13.7 Å². The molecule has 0 aliphatic heterocycles. The van der Waals surface area contributed by atoms with Crippen LogP contribution in [0.25, 0.3) is 98.8 Å². The minimum atomic E-state index is -0.430. The highest BCUT2D eigenvalue weighted by molar-refractivity contribution is 6.26. The smallest absolute Gasteiger partial charge is 0.136 e. The molecular weight excluding hydrogens is 593 g/mol. The summed E-state index contributed by atoms with van der Waals surface area (Å²) in [5.74, 6) is 0. The van der Waals surface area contributed by atoms with E-state index in [4.69, 9.17) is 18.1 Å². The molecule has 49 heavy (non-hydrogen) atoms. The van der Waals surface area contributed by atoms with Gasteiger partial charge in [-0.2, -0.15) is 0 Å². The van der Waals surface area contributed by atoms with Crippen molar-refractivity contribution in [2.75, 3.05) is 0 Å². The molecule has 0 amide bonds. The highest BCUT2D eigenvalue weighted by Crippen LogP contribution is 2.47. The third-order valence-corrected chi connectivity index (χ3v) is 9.38. The van der Waals surface area contributed by atoms with Crippen molar-refractivity contribution in [3.8, 4) is 44.5 Å². The Morgan fingerprint density at radius 3 is 1.63 bits per heavy atom. The van der Waals surface area contributed by atoms with E-state index in [1.165, 1.54) is 0 Å². The Labute approximate surface area is 298 Å². The average molecular weight is 633 g/mol. The maximum atomic E-state index is 8.66. The van der Waals surface area contributed by atoms with Crippen LogP contribution in [0, 0.1) is 0 Å². The number of hydrogen-bond donors (Lipinski definition) is 0. The van der Waals surface area contributed by atoms with Gasteiger partial charge >= 0.3 is 0 Å². The van der Waals surface area contributed by atoms with Crippen LogP contribution in [0.5, 0.6) is 0 Å². The Hall–Kier alpha value is -6.44. The minimum Gasteiger partial charge on any atom is -0.456 e. The molecule has 228 valence electrons. The molecule has 1 heterocycles. The van der Waals surface area contributed by atoms with Crippen molar-refractivity contribution < 1.29 is 18.1 Å². The van der Waals surface area contributed by atoms with Crippen LogP contribution in [0.2, 0.25) is 0 Å². The summed E-state index contributed by atoms with van der Waals surface area (Å²) in [5.41, 5.74) is 6.48. The average Bonchev–Trinajstić information content (AvgIpc) is 3.62. The molecule has 0 spiro atoms. The lowest BCUT2D eigenvalue weighted by Crippen LogP contribution is -1.91. The summed E-state index contributed by atoms with van der Waals surface area (Å²) in [5, 5.41) is 7.50. The van der Waals surface area contributed by atoms with Gasteiger partial charge in [0.25, 0.3) is 0 Å². The zero-order valence-corrected chi connectivity index (χ0v) is 26.0. The lowest BCUT2D eigenvalue weighted by molar-refractivity contribution is 0.669. The zero-order valence-electron chi connectivity index (χ0n) is 36.0. The molecule has 0 N–H and O–H groups in total. The fourth-order valence-electron chi connectivity index (χ4n) is 7.28. The zero-order chi connectivity index (χ0) is 41.0. The summed E-state index contributed by atoms with van der Waals surface area (Å²) >= 11 is 0. The number of benzene rings is 9. The van der Waals surface area contributed by atoms with Gasteiger partial charge in [0.15, 0.2) is 0 Å². The highest BCUT2D eigenvalue weighted by Gasteiger charge is 2.20. The highest BCUT2D eigenvalue weighted by atomic mass is 16.3. The Balaban J connectivity index is 1.20. The largest absolute Gasteiger partial charge is 0.456 e. The third kappa shape index (κ3) is 4.47. The molecule has 0 radical (unpaired) electrons. The van der Waals surface area contributed by atoms with Gasteiger partial charge in [-0.1, -0.05) is 151 Å². The second kappa shape index (κ2) is 11.1. The summed E-state index contributed by atoms with van der Waals surface area (Å²) in [6.07, 6.45) is 0. The molecule has 10 rings (SSSR count). The van der Waals surface area contributed by atoms with Crippen LogP contribution in [0.1, 0.15) is 13.7 Å². The van der Waals surface area contributed by atoms with Crippen LogP contribution >= 0.6 is 0 Å². The predicted octanol–water partition coefficient (Wildman–Crippen LogP) is 13.7. The quantitative estimate of drug-likeness (QED) is 0.176. The number of furan rings is 1. The molecule has 0 bridgehead atoms. The van der Waals surface area contributed by atoms with Crippen LogP contribution in [-0.4, -0.2) is 0 Å². The fourth-order valence-corrected chi connectivity index (χ4v) is 7.28. The van der Waals surface area contributed by atoms with E-state index in [1.54, 1.807) is 12.1 Å². The SMILES string of the molecule is [2H]c1c([2H])c([2H])c(-c2cccc(-c3c4ccccc4c(-c4cccc5oc6cc7cc(-c8c([2H])c([2H])c([2H])c([2H])c8[2H])ccc7cc6c45)c4ccccc34)c2)c([2H])c1[2H]. The maximum absolute atomic E-state index is 8.66. The van der Waals surface area contributed by atoms with Crippen LogP contribution < -0.4 is 0 Å². The van der Waals surface area contributed by atoms with Crippen molar-refractivity contribution in [3.63, 3.8) is 0 Å². The molecule has 9 aromatic carbocycles. The van der Waals surface area contributed by atoms with Crippen molar-refractivity contribution in [2.24, 2.45) is 0 Å². The first-order chi connectivity index (χ1) is 28.4. The molecular formula is C48H30O. The Bertz CT molecular complexity index is 3350. The van der Waals surface area contributed by atoms with E-state index in [9.17, 15) is 0 Å². The van der Waals surface area contributed by atoms with Gasteiger partial charge < -0.3 is 4.42 Å². The molecule has 0 fully saturated rings. The number of rotatable bonds is 4. The first kappa shape index (κ1) is 19.4. The second-order valence-electron chi connectivity index (χ2n) is 12.1. The van der Waals surface area contributed by atoms with Crippen molar-refractivity contribution in [1.29, 1.82) is 0 Å². The van der Waals surface area contributed by atoms with E-state index >= 15 is 0 Å². The van der Waals surface area contributed by atoms with Gasteiger partial charge in [-0.05, 0) is 107 Å². The van der Waals surface area contributed by atoms with E-state index in [0.717, 1.165) is 65.3 Å². The van der Waals surface area contributed by atoms with Crippen LogP contribution in [-0.2, 0) is 0 Å². The third-order valence-electron chi connectivity index (χ3n) is 9.38. The predicted molar refractivity (Wildman–Crippen MR) is 208 cm³/mol. The second-order valence-corrected chi connectivity index (χ2v) is 12.1. The Morgan fingerprint density at radius 1 is 0.367 bits per heavy atom. The normalized spacial score (nSPS) is 14.5. The molecule has 0 unspecified atom stereocenters. The molecule has 0 atom stereocenters. The van der Waals surface area contributed by atoms with Crippen molar-refractivity contribution in [1.82, 2.24) is 0 Å². The topological polar surface area (TPSA) is 13.1 Å². The van der Waals surface area contributed by atoms with E-state index < -0.39 is 12.1 Å². The monoisotopic (exact) mass is 632 g/mol. The maximum Gasteiger partial charge on any atom is 0.136 e. The van der Waals surface area contributed by atoms with E-state index in [0.29, 0.717) is 22.3 Å². The summed E-state index contributed by atoms with van der Waals surface area (Å²) in [6.45, 7) is 0. The van der Waals surface area contributed by atoms with Gasteiger partial charge in [0.2, 0.25) is 0 Å². The molecule has 1 aromatic heterocycles. The van der Waals surface area contributed by atoms with Gasteiger partial charge in [0.1, 0.15) is 11.2 Å². The first-order valence-corrected chi connectivity index (χ1v) is 16.0.